The van der Waals surface area contributed by atoms with Crippen LogP contribution in [0.2, 0.25) is 0 Å². The Hall–Kier alpha value is -0.960. The summed E-state index contributed by atoms with van der Waals surface area (Å²) in [5, 5.41) is 3.80. The molecule has 1 heterocycles. The molecule has 2 nitrogen and oxygen atoms in total. The maximum Gasteiger partial charge on any atom is 0.164 e. The van der Waals surface area contributed by atoms with Gasteiger partial charge >= 0.3 is 0 Å². The molecule has 0 fully saturated rings. The summed E-state index contributed by atoms with van der Waals surface area (Å²) < 4.78 is 0. The first-order valence-corrected chi connectivity index (χ1v) is 17.3. The fraction of sp³-hybridized carbons (Fsp3) is 0.824. The summed E-state index contributed by atoms with van der Waals surface area (Å²) in [7, 11) is 0. The molecule has 0 aliphatic heterocycles. The predicted octanol–water partition coefficient (Wildman–Crippen LogP) is 12.3. The van der Waals surface area contributed by atoms with Crippen LogP contribution in [0, 0.1) is 0 Å². The second-order valence-corrected chi connectivity index (χ2v) is 12.1. The Labute approximate surface area is 234 Å². The molecule has 0 unspecified atom stereocenters. The van der Waals surface area contributed by atoms with Crippen molar-refractivity contribution in [3.05, 3.63) is 21.9 Å². The van der Waals surface area contributed by atoms with Crippen molar-refractivity contribution in [2.24, 2.45) is 0 Å². The van der Waals surface area contributed by atoms with Gasteiger partial charge in [0.25, 0.3) is 0 Å². The zero-order valence-corrected chi connectivity index (χ0v) is 25.6. The Bertz CT molecular complexity index is 608. The Morgan fingerprint density at radius 3 is 0.946 bits per heavy atom. The molecule has 0 N–H and O–H groups in total. The highest BCUT2D eigenvalue weighted by Gasteiger charge is 2.17. The second-order valence-electron chi connectivity index (χ2n) is 11.3. The highest BCUT2D eigenvalue weighted by Crippen LogP contribution is 2.22. The molecule has 0 bridgehead atoms. The van der Waals surface area contributed by atoms with Crippen molar-refractivity contribution in [1.82, 2.24) is 0 Å². The van der Waals surface area contributed by atoms with Gasteiger partial charge < -0.3 is 0 Å². The smallest absolute Gasteiger partial charge is 0.164 e. The lowest BCUT2D eigenvalue weighted by Crippen LogP contribution is -2.06. The zero-order chi connectivity index (χ0) is 26.8. The molecule has 0 atom stereocenters. The van der Waals surface area contributed by atoms with Crippen molar-refractivity contribution in [2.75, 3.05) is 0 Å². The third-order valence-electron chi connectivity index (χ3n) is 7.78. The van der Waals surface area contributed by atoms with Crippen LogP contribution in [0.4, 0.5) is 0 Å². The van der Waals surface area contributed by atoms with E-state index in [0.29, 0.717) is 24.0 Å². The molecule has 214 valence electrons. The van der Waals surface area contributed by atoms with Gasteiger partial charge in [-0.15, -0.1) is 0 Å². The lowest BCUT2D eigenvalue weighted by atomic mass is 9.98. The van der Waals surface area contributed by atoms with Gasteiger partial charge in [-0.25, -0.2) is 0 Å². The van der Waals surface area contributed by atoms with E-state index in [-0.39, 0.29) is 11.6 Å². The molecule has 1 aromatic heterocycles. The maximum absolute atomic E-state index is 12.7. The summed E-state index contributed by atoms with van der Waals surface area (Å²) in [6.45, 7) is 4.54. The number of hydrogen-bond acceptors (Lipinski definition) is 3. The van der Waals surface area contributed by atoms with E-state index in [1.807, 2.05) is 10.8 Å². The molecule has 0 aromatic carbocycles. The molecule has 0 saturated heterocycles. The summed E-state index contributed by atoms with van der Waals surface area (Å²) in [6.07, 6.45) is 32.4. The molecule has 0 spiro atoms. The monoisotopic (exact) mass is 532 g/mol. The third kappa shape index (κ3) is 18.9. The lowest BCUT2D eigenvalue weighted by molar-refractivity contribution is 0.0947. The first kappa shape index (κ1) is 34.1. The minimum absolute atomic E-state index is 0.173. The molecular weight excluding hydrogens is 472 g/mol. The molecule has 37 heavy (non-hydrogen) atoms. The van der Waals surface area contributed by atoms with Crippen LogP contribution in [-0.2, 0) is 0 Å². The van der Waals surface area contributed by atoms with Gasteiger partial charge in [0.1, 0.15) is 0 Å². The van der Waals surface area contributed by atoms with E-state index < -0.39 is 0 Å². The molecule has 0 aliphatic rings. The van der Waals surface area contributed by atoms with Crippen molar-refractivity contribution in [3.8, 4) is 0 Å². The van der Waals surface area contributed by atoms with E-state index in [1.54, 1.807) is 0 Å². The third-order valence-corrected chi connectivity index (χ3v) is 8.52. The number of ketones is 2. The van der Waals surface area contributed by atoms with Gasteiger partial charge in [-0.3, -0.25) is 9.59 Å². The SMILES string of the molecule is CCCCCCCCCCCCCCC(=O)c1cscc1C(=O)CCCCCCCCCCCCCC. The zero-order valence-electron chi connectivity index (χ0n) is 24.8. The minimum Gasteiger partial charge on any atom is -0.294 e. The summed E-state index contributed by atoms with van der Waals surface area (Å²) in [5.41, 5.74) is 1.38. The number of rotatable bonds is 28. The van der Waals surface area contributed by atoms with Gasteiger partial charge in [-0.1, -0.05) is 155 Å². The number of Topliss-reactive ketones (excluding diaryl/α,β-unsaturated/α-hetero) is 2. The highest BCUT2D eigenvalue weighted by molar-refractivity contribution is 7.08. The summed E-state index contributed by atoms with van der Waals surface area (Å²) in [4.78, 5) is 25.5. The topological polar surface area (TPSA) is 34.1 Å². The van der Waals surface area contributed by atoms with Gasteiger partial charge in [0.15, 0.2) is 11.6 Å². The first-order valence-electron chi connectivity index (χ1n) is 16.3. The van der Waals surface area contributed by atoms with E-state index >= 15 is 0 Å². The quantitative estimate of drug-likeness (QED) is 0.0794. The minimum atomic E-state index is 0.173. The normalized spacial score (nSPS) is 11.3. The van der Waals surface area contributed by atoms with Gasteiger partial charge in [0.05, 0.1) is 0 Å². The predicted molar refractivity (Wildman–Crippen MR) is 164 cm³/mol. The number of carbonyl (C=O) groups is 2. The average Bonchev–Trinajstić information content (AvgIpc) is 3.40. The average molecular weight is 533 g/mol. The fourth-order valence-corrected chi connectivity index (χ4v) is 6.11. The Morgan fingerprint density at radius 1 is 0.432 bits per heavy atom. The van der Waals surface area contributed by atoms with Crippen LogP contribution in [0.5, 0.6) is 0 Å². The van der Waals surface area contributed by atoms with Crippen molar-refractivity contribution >= 4 is 22.9 Å². The van der Waals surface area contributed by atoms with E-state index in [0.717, 1.165) is 25.7 Å². The number of thiophene rings is 1. The van der Waals surface area contributed by atoms with Crippen LogP contribution >= 0.6 is 11.3 Å². The number of unbranched alkanes of at least 4 members (excludes halogenated alkanes) is 22. The molecule has 0 amide bonds. The molecule has 1 rings (SSSR count). The fourth-order valence-electron chi connectivity index (χ4n) is 5.25. The van der Waals surface area contributed by atoms with Gasteiger partial charge in [-0.05, 0) is 12.8 Å². The summed E-state index contributed by atoms with van der Waals surface area (Å²) in [5.74, 6) is 0.345. The van der Waals surface area contributed by atoms with Gasteiger partial charge in [-0.2, -0.15) is 11.3 Å². The largest absolute Gasteiger partial charge is 0.294 e. The van der Waals surface area contributed by atoms with Crippen molar-refractivity contribution in [3.63, 3.8) is 0 Å². The van der Waals surface area contributed by atoms with E-state index in [4.69, 9.17) is 0 Å². The van der Waals surface area contributed by atoms with Gasteiger partial charge in [0.2, 0.25) is 0 Å². The standard InChI is InChI=1S/C34H60O2S/c1-3-5-7-9-11-13-15-17-19-21-23-25-27-33(35)31-29-37-30-32(31)34(36)28-26-24-22-20-18-16-14-12-10-8-6-4-2/h29-30H,3-28H2,1-2H3. The molecule has 1 aromatic rings. The Kier molecular flexibility index (Phi) is 23.3. The van der Waals surface area contributed by atoms with E-state index in [2.05, 4.69) is 13.8 Å². The van der Waals surface area contributed by atoms with E-state index in [9.17, 15) is 9.59 Å². The second kappa shape index (κ2) is 25.3. The highest BCUT2D eigenvalue weighted by atomic mass is 32.1. The summed E-state index contributed by atoms with van der Waals surface area (Å²) in [6, 6.07) is 0. The molecule has 3 heteroatoms. The van der Waals surface area contributed by atoms with Crippen molar-refractivity contribution in [1.29, 1.82) is 0 Å². The number of hydrogen-bond donors (Lipinski definition) is 0. The van der Waals surface area contributed by atoms with Crippen LogP contribution in [0.1, 0.15) is 202 Å². The molecule has 0 aliphatic carbocycles. The molecule has 0 saturated carbocycles. The maximum atomic E-state index is 12.7. The molecular formula is C34H60O2S. The first-order chi connectivity index (χ1) is 18.2. The molecule has 0 radical (unpaired) electrons. The van der Waals surface area contributed by atoms with Gasteiger partial charge in [0, 0.05) is 34.7 Å². The van der Waals surface area contributed by atoms with Crippen LogP contribution in [0.3, 0.4) is 0 Å². The lowest BCUT2D eigenvalue weighted by Gasteiger charge is -2.05. The van der Waals surface area contributed by atoms with Crippen LogP contribution in [-0.4, -0.2) is 11.6 Å². The van der Waals surface area contributed by atoms with Crippen LogP contribution < -0.4 is 0 Å². The summed E-state index contributed by atoms with van der Waals surface area (Å²) >= 11 is 1.50. The van der Waals surface area contributed by atoms with Crippen LogP contribution in [0.15, 0.2) is 10.8 Å². The number of carbonyl (C=O) groups excluding carboxylic acids is 2. The van der Waals surface area contributed by atoms with Crippen molar-refractivity contribution < 1.29 is 9.59 Å². The van der Waals surface area contributed by atoms with Crippen LogP contribution in [0.25, 0.3) is 0 Å². The Balaban J connectivity index is 2.04. The Morgan fingerprint density at radius 2 is 0.676 bits per heavy atom. The van der Waals surface area contributed by atoms with Crippen molar-refractivity contribution in [2.45, 2.75) is 181 Å². The van der Waals surface area contributed by atoms with E-state index in [1.165, 1.54) is 140 Å².